The summed E-state index contributed by atoms with van der Waals surface area (Å²) in [6.45, 7) is 7.31. The highest BCUT2D eigenvalue weighted by Crippen LogP contribution is 2.30. The topological polar surface area (TPSA) is 38.1 Å². The van der Waals surface area contributed by atoms with E-state index in [4.69, 9.17) is 0 Å². The number of alkyl halides is 2. The zero-order valence-corrected chi connectivity index (χ0v) is 14.9. The van der Waals surface area contributed by atoms with Crippen molar-refractivity contribution in [3.63, 3.8) is 0 Å². The van der Waals surface area contributed by atoms with Crippen molar-refractivity contribution >= 4 is 17.2 Å². The van der Waals surface area contributed by atoms with Gasteiger partial charge in [-0.3, -0.25) is 9.48 Å². The quantitative estimate of drug-likeness (QED) is 0.832. The highest BCUT2D eigenvalue weighted by molar-refractivity contribution is 7.10. The molecule has 1 amide bonds. The Morgan fingerprint density at radius 1 is 1.42 bits per heavy atom. The van der Waals surface area contributed by atoms with Gasteiger partial charge in [0.15, 0.2) is 0 Å². The van der Waals surface area contributed by atoms with E-state index >= 15 is 0 Å². The summed E-state index contributed by atoms with van der Waals surface area (Å²) in [5.41, 5.74) is 2.09. The second-order valence-corrected chi connectivity index (χ2v) is 7.58. The van der Waals surface area contributed by atoms with Crippen molar-refractivity contribution in [3.05, 3.63) is 38.8 Å². The maximum absolute atomic E-state index is 13.5. The second kappa shape index (κ2) is 6.63. The third kappa shape index (κ3) is 3.09. The molecule has 7 heteroatoms. The summed E-state index contributed by atoms with van der Waals surface area (Å²) in [6.07, 6.45) is -0.639. The van der Waals surface area contributed by atoms with Crippen LogP contribution in [0.3, 0.4) is 0 Å². The molecule has 0 aliphatic carbocycles. The number of halogens is 2. The molecule has 0 N–H and O–H groups in total. The molecule has 2 aromatic rings. The molecule has 3 rings (SSSR count). The van der Waals surface area contributed by atoms with Crippen molar-refractivity contribution in [2.24, 2.45) is 5.92 Å². The molecule has 0 atom stereocenters. The van der Waals surface area contributed by atoms with Gasteiger partial charge in [0.1, 0.15) is 5.69 Å². The van der Waals surface area contributed by atoms with E-state index < -0.39 is 6.43 Å². The van der Waals surface area contributed by atoms with Crippen LogP contribution in [0.15, 0.2) is 11.6 Å². The van der Waals surface area contributed by atoms with Crippen molar-refractivity contribution in [3.8, 4) is 0 Å². The first-order valence-corrected chi connectivity index (χ1v) is 8.95. The van der Waals surface area contributed by atoms with Gasteiger partial charge in [0.2, 0.25) is 0 Å². The van der Waals surface area contributed by atoms with Gasteiger partial charge >= 0.3 is 0 Å². The van der Waals surface area contributed by atoms with E-state index in [-0.39, 0.29) is 23.1 Å². The lowest BCUT2D eigenvalue weighted by molar-refractivity contribution is 0.0720. The molecule has 4 nitrogen and oxygen atoms in total. The SMILES string of the molecule is Cc1csc2c1CN(C(=O)c1cnn(CC(C)C)c1C(F)F)CC2. The number of aromatic nitrogens is 2. The molecule has 0 spiro atoms. The second-order valence-electron chi connectivity index (χ2n) is 6.62. The first-order chi connectivity index (χ1) is 11.4. The highest BCUT2D eigenvalue weighted by atomic mass is 32.1. The zero-order valence-electron chi connectivity index (χ0n) is 14.1. The number of rotatable bonds is 4. The zero-order chi connectivity index (χ0) is 17.4. The molecule has 24 heavy (non-hydrogen) atoms. The summed E-state index contributed by atoms with van der Waals surface area (Å²) in [4.78, 5) is 15.8. The molecule has 1 aliphatic rings. The van der Waals surface area contributed by atoms with Gasteiger partial charge in [-0.2, -0.15) is 5.10 Å². The maximum atomic E-state index is 13.5. The van der Waals surface area contributed by atoms with Crippen LogP contribution in [0.1, 0.15) is 52.3 Å². The third-order valence-corrected chi connectivity index (χ3v) is 5.50. The standard InChI is InChI=1S/C17H21F2N3OS/c1-10(2)7-22-15(16(18)19)12(6-20-22)17(23)21-5-4-14-13(8-21)11(3)9-24-14/h6,9-10,16H,4-5,7-8H2,1-3H3. The van der Waals surface area contributed by atoms with Crippen LogP contribution in [0.25, 0.3) is 0 Å². The lowest BCUT2D eigenvalue weighted by Gasteiger charge is -2.27. The van der Waals surface area contributed by atoms with E-state index in [1.165, 1.54) is 15.8 Å². The average molecular weight is 353 g/mol. The van der Waals surface area contributed by atoms with Crippen molar-refractivity contribution in [1.82, 2.24) is 14.7 Å². The van der Waals surface area contributed by atoms with Crippen LogP contribution in [0, 0.1) is 12.8 Å². The monoisotopic (exact) mass is 353 g/mol. The fourth-order valence-electron chi connectivity index (χ4n) is 3.08. The van der Waals surface area contributed by atoms with E-state index in [0.29, 0.717) is 19.6 Å². The Kier molecular flexibility index (Phi) is 4.71. The minimum Gasteiger partial charge on any atom is -0.334 e. The number of carbonyl (C=O) groups excluding carboxylic acids is 1. The fraction of sp³-hybridized carbons (Fsp3) is 0.529. The number of aryl methyl sites for hydroxylation is 1. The van der Waals surface area contributed by atoms with E-state index in [1.807, 2.05) is 20.8 Å². The van der Waals surface area contributed by atoms with Crippen LogP contribution in [-0.2, 0) is 19.5 Å². The highest BCUT2D eigenvalue weighted by Gasteiger charge is 2.30. The lowest BCUT2D eigenvalue weighted by Crippen LogP contribution is -2.36. The van der Waals surface area contributed by atoms with Crippen LogP contribution in [0.4, 0.5) is 8.78 Å². The normalized spacial score (nSPS) is 14.5. The predicted molar refractivity (Wildman–Crippen MR) is 89.5 cm³/mol. The molecule has 0 radical (unpaired) electrons. The summed E-state index contributed by atoms with van der Waals surface area (Å²) in [5, 5.41) is 6.12. The molecular formula is C17H21F2N3OS. The number of thiophene rings is 1. The summed E-state index contributed by atoms with van der Waals surface area (Å²) >= 11 is 1.71. The van der Waals surface area contributed by atoms with E-state index in [2.05, 4.69) is 10.5 Å². The summed E-state index contributed by atoms with van der Waals surface area (Å²) < 4.78 is 28.3. The number of hydrogen-bond acceptors (Lipinski definition) is 3. The number of carbonyl (C=O) groups is 1. The Balaban J connectivity index is 1.88. The van der Waals surface area contributed by atoms with Crippen LogP contribution < -0.4 is 0 Å². The molecule has 0 unspecified atom stereocenters. The molecule has 130 valence electrons. The summed E-state index contributed by atoms with van der Waals surface area (Å²) in [5.74, 6) is -0.173. The van der Waals surface area contributed by atoms with Crippen LogP contribution in [-0.4, -0.2) is 27.1 Å². The molecule has 0 bridgehead atoms. The fourth-order valence-corrected chi connectivity index (χ4v) is 4.11. The molecular weight excluding hydrogens is 332 g/mol. The maximum Gasteiger partial charge on any atom is 0.280 e. The Morgan fingerprint density at radius 2 is 2.17 bits per heavy atom. The number of amides is 1. The van der Waals surface area contributed by atoms with Crippen LogP contribution in [0.2, 0.25) is 0 Å². The molecule has 2 aromatic heterocycles. The van der Waals surface area contributed by atoms with Gasteiger partial charge in [0, 0.05) is 24.5 Å². The average Bonchev–Trinajstić information content (AvgIpc) is 3.10. The third-order valence-electron chi connectivity index (χ3n) is 4.29. The van der Waals surface area contributed by atoms with Crippen molar-refractivity contribution in [2.75, 3.05) is 6.54 Å². The summed E-state index contributed by atoms with van der Waals surface area (Å²) in [7, 11) is 0. The van der Waals surface area contributed by atoms with E-state index in [0.717, 1.165) is 17.5 Å². The van der Waals surface area contributed by atoms with Gasteiger partial charge in [-0.25, -0.2) is 8.78 Å². The Hall–Kier alpha value is -1.76. The smallest absolute Gasteiger partial charge is 0.280 e. The Bertz CT molecular complexity index is 751. The van der Waals surface area contributed by atoms with Gasteiger partial charge in [-0.05, 0) is 35.8 Å². The molecule has 3 heterocycles. The van der Waals surface area contributed by atoms with Crippen molar-refractivity contribution in [1.29, 1.82) is 0 Å². The molecule has 0 saturated carbocycles. The van der Waals surface area contributed by atoms with Gasteiger partial charge in [-0.1, -0.05) is 13.8 Å². The van der Waals surface area contributed by atoms with Gasteiger partial charge in [0.05, 0.1) is 11.8 Å². The molecule has 0 aromatic carbocycles. The minimum atomic E-state index is -2.71. The number of hydrogen-bond donors (Lipinski definition) is 0. The predicted octanol–water partition coefficient (Wildman–Crippen LogP) is 4.05. The number of fused-ring (bicyclic) bond motifs is 1. The summed E-state index contributed by atoms with van der Waals surface area (Å²) in [6, 6.07) is 0. The first kappa shape index (κ1) is 17.1. The van der Waals surface area contributed by atoms with Crippen LogP contribution in [0.5, 0.6) is 0 Å². The van der Waals surface area contributed by atoms with E-state index in [9.17, 15) is 13.6 Å². The Morgan fingerprint density at radius 3 is 2.83 bits per heavy atom. The van der Waals surface area contributed by atoms with Crippen molar-refractivity contribution < 1.29 is 13.6 Å². The molecule has 1 aliphatic heterocycles. The largest absolute Gasteiger partial charge is 0.334 e. The Labute approximate surface area is 144 Å². The lowest BCUT2D eigenvalue weighted by atomic mass is 10.0. The minimum absolute atomic E-state index is 0.0296. The molecule has 0 fully saturated rings. The molecule has 0 saturated heterocycles. The van der Waals surface area contributed by atoms with Gasteiger partial charge in [-0.15, -0.1) is 11.3 Å². The van der Waals surface area contributed by atoms with Gasteiger partial charge < -0.3 is 4.90 Å². The van der Waals surface area contributed by atoms with Crippen LogP contribution >= 0.6 is 11.3 Å². The number of nitrogens with zero attached hydrogens (tertiary/aromatic N) is 3. The van der Waals surface area contributed by atoms with Crippen molar-refractivity contribution in [2.45, 2.75) is 46.7 Å². The van der Waals surface area contributed by atoms with Gasteiger partial charge in [0.25, 0.3) is 12.3 Å². The first-order valence-electron chi connectivity index (χ1n) is 8.07. The van der Waals surface area contributed by atoms with E-state index in [1.54, 1.807) is 16.2 Å².